The Morgan fingerprint density at radius 2 is 1.63 bits per heavy atom. The van der Waals surface area contributed by atoms with Crippen molar-refractivity contribution < 1.29 is 18.7 Å². The molecular weight excluding hydrogens is 430 g/mol. The molecular formula is C22H33Cl2FN2O3. The molecule has 0 bridgehead atoms. The van der Waals surface area contributed by atoms with Crippen LogP contribution in [0.5, 0.6) is 0 Å². The number of benzene rings is 1. The summed E-state index contributed by atoms with van der Waals surface area (Å²) in [5, 5.41) is 0. The van der Waals surface area contributed by atoms with Crippen molar-refractivity contribution in [1.82, 2.24) is 9.80 Å². The third-order valence-electron chi connectivity index (χ3n) is 6.18. The van der Waals surface area contributed by atoms with Gasteiger partial charge in [0.15, 0.2) is 11.6 Å². The Bertz CT molecular complexity index is 673. The van der Waals surface area contributed by atoms with Crippen LogP contribution in [0.15, 0.2) is 24.3 Å². The Labute approximate surface area is 191 Å². The van der Waals surface area contributed by atoms with Gasteiger partial charge in [-0.25, -0.2) is 4.39 Å². The van der Waals surface area contributed by atoms with Crippen molar-refractivity contribution in [2.24, 2.45) is 0 Å². The summed E-state index contributed by atoms with van der Waals surface area (Å²) in [7, 11) is 0. The lowest BCUT2D eigenvalue weighted by molar-refractivity contribution is -0.139. The van der Waals surface area contributed by atoms with Crippen LogP contribution < -0.4 is 0 Å². The van der Waals surface area contributed by atoms with Crippen LogP contribution in [0.3, 0.4) is 0 Å². The number of nitrogens with zero attached hydrogens (tertiary/aromatic N) is 2. The summed E-state index contributed by atoms with van der Waals surface area (Å²) >= 11 is 0. The largest absolute Gasteiger partial charge is 0.379 e. The van der Waals surface area contributed by atoms with Crippen molar-refractivity contribution in [1.29, 1.82) is 0 Å². The number of likely N-dealkylation sites (tertiary alicyclic amines) is 1. The predicted octanol–water partition coefficient (Wildman–Crippen LogP) is 3.78. The highest BCUT2D eigenvalue weighted by molar-refractivity contribution is 5.96. The Balaban J connectivity index is 0.00000225. The summed E-state index contributed by atoms with van der Waals surface area (Å²) < 4.78 is 18.4. The van der Waals surface area contributed by atoms with Crippen molar-refractivity contribution >= 4 is 36.4 Å². The first-order chi connectivity index (χ1) is 13.5. The first-order valence-electron chi connectivity index (χ1n) is 10.4. The van der Waals surface area contributed by atoms with E-state index in [-0.39, 0.29) is 42.0 Å². The normalized spacial score (nSPS) is 19.4. The standard InChI is InChI=1S/C22H31FN2O3.2ClH/c1-2-21(27)22(25-14-16-28-17-15-25)9-12-24(13-10-22)11-3-4-20(26)18-5-7-19(23)8-6-18;;/h5-8H,2-4,9-17H2,1H3;2*1H. The third-order valence-corrected chi connectivity index (χ3v) is 6.18. The average Bonchev–Trinajstić information content (AvgIpc) is 2.74. The summed E-state index contributed by atoms with van der Waals surface area (Å²) in [6.45, 7) is 7.64. The number of rotatable bonds is 8. The number of morpholine rings is 1. The molecule has 0 atom stereocenters. The molecule has 0 spiro atoms. The van der Waals surface area contributed by atoms with Crippen molar-refractivity contribution in [2.45, 2.75) is 44.6 Å². The highest BCUT2D eigenvalue weighted by Gasteiger charge is 2.45. The SMILES string of the molecule is CCC(=O)C1(N2CCOCC2)CCN(CCCC(=O)c2ccc(F)cc2)CC1.Cl.Cl. The topological polar surface area (TPSA) is 49.9 Å². The maximum Gasteiger partial charge on any atom is 0.162 e. The van der Waals surface area contributed by atoms with E-state index in [2.05, 4.69) is 9.80 Å². The minimum absolute atomic E-state index is 0. The van der Waals surface area contributed by atoms with E-state index in [9.17, 15) is 14.0 Å². The molecule has 0 saturated carbocycles. The molecule has 5 nitrogen and oxygen atoms in total. The summed E-state index contributed by atoms with van der Waals surface area (Å²) in [6, 6.07) is 5.75. The Hall–Kier alpha value is -1.05. The van der Waals surface area contributed by atoms with Crippen LogP contribution in [0, 0.1) is 5.82 Å². The van der Waals surface area contributed by atoms with Crippen LogP contribution in [0.4, 0.5) is 4.39 Å². The number of hydrogen-bond donors (Lipinski definition) is 0. The zero-order valence-electron chi connectivity index (χ0n) is 17.6. The van der Waals surface area contributed by atoms with Crippen molar-refractivity contribution in [3.8, 4) is 0 Å². The molecule has 170 valence electrons. The molecule has 0 N–H and O–H groups in total. The second-order valence-corrected chi connectivity index (χ2v) is 7.78. The fourth-order valence-corrected chi connectivity index (χ4v) is 4.48. The minimum Gasteiger partial charge on any atom is -0.379 e. The lowest BCUT2D eigenvalue weighted by Crippen LogP contribution is -2.62. The van der Waals surface area contributed by atoms with Crippen LogP contribution in [0.2, 0.25) is 0 Å². The summed E-state index contributed by atoms with van der Waals surface area (Å²) in [4.78, 5) is 29.7. The molecule has 2 aliphatic rings. The van der Waals surface area contributed by atoms with E-state index in [1.165, 1.54) is 12.1 Å². The third kappa shape index (κ3) is 6.47. The molecule has 0 radical (unpaired) electrons. The van der Waals surface area contributed by atoms with Gasteiger partial charge in [0.25, 0.3) is 0 Å². The second-order valence-electron chi connectivity index (χ2n) is 7.78. The molecule has 8 heteroatoms. The fraction of sp³-hybridized carbons (Fsp3) is 0.636. The van der Waals surface area contributed by atoms with Gasteiger partial charge < -0.3 is 9.64 Å². The molecule has 2 saturated heterocycles. The molecule has 0 aliphatic carbocycles. The molecule has 0 amide bonds. The molecule has 1 aromatic rings. The number of carbonyl (C=O) groups is 2. The van der Waals surface area contributed by atoms with Gasteiger partial charge in [-0.1, -0.05) is 6.92 Å². The van der Waals surface area contributed by atoms with Crippen LogP contribution in [0.25, 0.3) is 0 Å². The van der Waals surface area contributed by atoms with Crippen LogP contribution in [-0.2, 0) is 9.53 Å². The quantitative estimate of drug-likeness (QED) is 0.550. The highest BCUT2D eigenvalue weighted by atomic mass is 35.5. The molecule has 0 unspecified atom stereocenters. The lowest BCUT2D eigenvalue weighted by atomic mass is 9.80. The molecule has 2 fully saturated rings. The van der Waals surface area contributed by atoms with Gasteiger partial charge in [-0.15, -0.1) is 24.8 Å². The van der Waals surface area contributed by atoms with E-state index >= 15 is 0 Å². The minimum atomic E-state index is -0.334. The van der Waals surface area contributed by atoms with Crippen molar-refractivity contribution in [3.63, 3.8) is 0 Å². The number of ketones is 2. The van der Waals surface area contributed by atoms with Gasteiger partial charge in [0.2, 0.25) is 0 Å². The zero-order chi connectivity index (χ0) is 20.0. The Morgan fingerprint density at radius 3 is 2.20 bits per heavy atom. The van der Waals surface area contributed by atoms with Gasteiger partial charge in [0, 0.05) is 44.6 Å². The monoisotopic (exact) mass is 462 g/mol. The lowest BCUT2D eigenvalue weighted by Gasteiger charge is -2.49. The number of ether oxygens (including phenoxy) is 1. The van der Waals surface area contributed by atoms with E-state index < -0.39 is 0 Å². The first-order valence-corrected chi connectivity index (χ1v) is 10.4. The fourth-order valence-electron chi connectivity index (χ4n) is 4.48. The first kappa shape index (κ1) is 27.0. The van der Waals surface area contributed by atoms with Crippen LogP contribution in [-0.4, -0.2) is 72.8 Å². The Morgan fingerprint density at radius 1 is 1.03 bits per heavy atom. The van der Waals surface area contributed by atoms with E-state index in [1.807, 2.05) is 6.92 Å². The number of halogens is 3. The number of piperidine rings is 1. The molecule has 3 rings (SSSR count). The van der Waals surface area contributed by atoms with Crippen molar-refractivity contribution in [3.05, 3.63) is 35.6 Å². The highest BCUT2D eigenvalue weighted by Crippen LogP contribution is 2.32. The average molecular weight is 463 g/mol. The van der Waals surface area contributed by atoms with Crippen molar-refractivity contribution in [2.75, 3.05) is 45.9 Å². The molecule has 1 aromatic carbocycles. The summed E-state index contributed by atoms with van der Waals surface area (Å²) in [6.07, 6.45) is 3.52. The van der Waals surface area contributed by atoms with E-state index in [4.69, 9.17) is 4.74 Å². The molecule has 2 aliphatic heterocycles. The van der Waals surface area contributed by atoms with Gasteiger partial charge in [-0.3, -0.25) is 14.5 Å². The van der Waals surface area contributed by atoms with Gasteiger partial charge in [0.1, 0.15) is 5.82 Å². The van der Waals surface area contributed by atoms with E-state index in [0.717, 1.165) is 52.0 Å². The maximum absolute atomic E-state index is 13.0. The van der Waals surface area contributed by atoms with E-state index in [1.54, 1.807) is 12.1 Å². The Kier molecular flexibility index (Phi) is 11.4. The summed E-state index contributed by atoms with van der Waals surface area (Å²) in [5.74, 6) is 0.0802. The van der Waals surface area contributed by atoms with Gasteiger partial charge in [-0.05, 0) is 50.1 Å². The molecule has 2 heterocycles. The van der Waals surface area contributed by atoms with Crippen LogP contribution >= 0.6 is 24.8 Å². The van der Waals surface area contributed by atoms with Gasteiger partial charge in [-0.2, -0.15) is 0 Å². The zero-order valence-corrected chi connectivity index (χ0v) is 19.2. The van der Waals surface area contributed by atoms with E-state index in [0.29, 0.717) is 37.4 Å². The van der Waals surface area contributed by atoms with Gasteiger partial charge >= 0.3 is 0 Å². The predicted molar refractivity (Wildman–Crippen MR) is 121 cm³/mol. The maximum atomic E-state index is 13.0. The number of Topliss-reactive ketones (excluding diaryl/α,β-unsaturated/α-hetero) is 2. The smallest absolute Gasteiger partial charge is 0.162 e. The summed E-state index contributed by atoms with van der Waals surface area (Å²) in [5.41, 5.74) is 0.235. The van der Waals surface area contributed by atoms with Crippen LogP contribution in [0.1, 0.15) is 49.4 Å². The molecule has 0 aromatic heterocycles. The number of hydrogen-bond acceptors (Lipinski definition) is 5. The van der Waals surface area contributed by atoms with Gasteiger partial charge in [0.05, 0.1) is 18.8 Å². The number of carbonyl (C=O) groups excluding carboxylic acids is 2. The second kappa shape index (κ2) is 12.7. The molecule has 30 heavy (non-hydrogen) atoms.